The Morgan fingerprint density at radius 2 is 1.54 bits per heavy atom. The number of hydrogen-bond acceptors (Lipinski definition) is 1. The summed E-state index contributed by atoms with van der Waals surface area (Å²) in [5, 5.41) is 3.49. The van der Waals surface area contributed by atoms with Crippen molar-refractivity contribution in [2.45, 2.75) is 47.5 Å². The van der Waals surface area contributed by atoms with Crippen molar-refractivity contribution in [3.8, 4) is 0 Å². The van der Waals surface area contributed by atoms with Crippen LogP contribution < -0.4 is 5.32 Å². The Morgan fingerprint density at radius 1 is 0.923 bits per heavy atom. The van der Waals surface area contributed by atoms with Gasteiger partial charge in [-0.2, -0.15) is 0 Å². The van der Waals surface area contributed by atoms with Crippen LogP contribution in [0.4, 0.5) is 0 Å². The van der Waals surface area contributed by atoms with Crippen LogP contribution in [-0.4, -0.2) is 13.1 Å². The third kappa shape index (κ3) is 9.88. The molecule has 0 aliphatic carbocycles. The normalized spacial score (nSPS) is 14.1. The molecule has 1 unspecified atom stereocenters. The molecule has 0 aromatic carbocycles. The largest absolute Gasteiger partial charge is 0.316 e. The molecule has 0 aromatic rings. The second kappa shape index (κ2) is 7.37. The molecule has 0 saturated carbocycles. The van der Waals surface area contributed by atoms with Crippen molar-refractivity contribution < 1.29 is 0 Å². The highest BCUT2D eigenvalue weighted by Crippen LogP contribution is 2.13. The Labute approximate surface area is 84.3 Å². The van der Waals surface area contributed by atoms with Gasteiger partial charge in [-0.1, -0.05) is 34.6 Å². The number of nitrogens with one attached hydrogen (secondary N) is 1. The summed E-state index contributed by atoms with van der Waals surface area (Å²) in [6.45, 7) is 13.8. The average molecular weight is 185 g/mol. The molecular weight excluding hydrogens is 158 g/mol. The molecule has 80 valence electrons. The van der Waals surface area contributed by atoms with E-state index in [1.54, 1.807) is 0 Å². The van der Waals surface area contributed by atoms with Gasteiger partial charge in [0.25, 0.3) is 0 Å². The van der Waals surface area contributed by atoms with E-state index < -0.39 is 0 Å². The average Bonchev–Trinajstić information content (AvgIpc) is 1.96. The van der Waals surface area contributed by atoms with Crippen LogP contribution in [0, 0.1) is 17.8 Å². The van der Waals surface area contributed by atoms with Gasteiger partial charge in [0.05, 0.1) is 0 Å². The Kier molecular flexibility index (Phi) is 7.35. The lowest BCUT2D eigenvalue weighted by Gasteiger charge is -2.14. The molecule has 0 heterocycles. The molecule has 13 heavy (non-hydrogen) atoms. The van der Waals surface area contributed by atoms with Crippen molar-refractivity contribution in [2.24, 2.45) is 17.8 Å². The minimum atomic E-state index is 0.778. The molecule has 1 N–H and O–H groups in total. The highest BCUT2D eigenvalue weighted by Gasteiger charge is 2.04. The van der Waals surface area contributed by atoms with Gasteiger partial charge in [0.1, 0.15) is 0 Å². The molecule has 0 bridgehead atoms. The van der Waals surface area contributed by atoms with Gasteiger partial charge in [0, 0.05) is 0 Å². The molecule has 0 aliphatic heterocycles. The van der Waals surface area contributed by atoms with Crippen LogP contribution in [0.2, 0.25) is 0 Å². The van der Waals surface area contributed by atoms with Gasteiger partial charge in [-0.3, -0.25) is 0 Å². The maximum absolute atomic E-state index is 3.49. The maximum Gasteiger partial charge on any atom is -0.00258 e. The predicted octanol–water partition coefficient (Wildman–Crippen LogP) is 3.30. The molecule has 0 fully saturated rings. The monoisotopic (exact) mass is 185 g/mol. The van der Waals surface area contributed by atoms with Gasteiger partial charge in [-0.25, -0.2) is 0 Å². The first-order chi connectivity index (χ1) is 6.02. The number of rotatable bonds is 7. The Morgan fingerprint density at radius 3 is 2.00 bits per heavy atom. The van der Waals surface area contributed by atoms with E-state index in [1.165, 1.54) is 19.4 Å². The fraction of sp³-hybridized carbons (Fsp3) is 1.00. The molecule has 1 nitrogen and oxygen atoms in total. The molecule has 0 saturated heterocycles. The van der Waals surface area contributed by atoms with Crippen molar-refractivity contribution in [2.75, 3.05) is 13.1 Å². The second-order valence-electron chi connectivity index (χ2n) is 5.12. The van der Waals surface area contributed by atoms with Crippen molar-refractivity contribution in [3.63, 3.8) is 0 Å². The van der Waals surface area contributed by atoms with Crippen molar-refractivity contribution in [1.29, 1.82) is 0 Å². The van der Waals surface area contributed by atoms with E-state index in [4.69, 9.17) is 0 Å². The molecule has 0 rings (SSSR count). The minimum absolute atomic E-state index is 0.778. The lowest BCUT2D eigenvalue weighted by Crippen LogP contribution is -2.22. The molecular formula is C12H27N. The maximum atomic E-state index is 3.49. The summed E-state index contributed by atoms with van der Waals surface area (Å²) in [5.41, 5.74) is 0. The van der Waals surface area contributed by atoms with Gasteiger partial charge < -0.3 is 5.32 Å². The van der Waals surface area contributed by atoms with Crippen LogP contribution in [0.15, 0.2) is 0 Å². The zero-order valence-electron chi connectivity index (χ0n) is 10.1. The highest BCUT2D eigenvalue weighted by atomic mass is 14.8. The van der Waals surface area contributed by atoms with Crippen molar-refractivity contribution in [3.05, 3.63) is 0 Å². The Hall–Kier alpha value is -0.0400. The Bertz CT molecular complexity index is 108. The zero-order chi connectivity index (χ0) is 10.3. The van der Waals surface area contributed by atoms with E-state index in [9.17, 15) is 0 Å². The SMILES string of the molecule is CC(C)CNCCC(C)CC(C)C. The van der Waals surface area contributed by atoms with Crippen molar-refractivity contribution in [1.82, 2.24) is 5.32 Å². The third-order valence-corrected chi connectivity index (χ3v) is 2.24. The van der Waals surface area contributed by atoms with Gasteiger partial charge >= 0.3 is 0 Å². The summed E-state index contributed by atoms with van der Waals surface area (Å²) in [6.07, 6.45) is 2.69. The van der Waals surface area contributed by atoms with E-state index in [2.05, 4.69) is 39.9 Å². The topological polar surface area (TPSA) is 12.0 Å². The lowest BCUT2D eigenvalue weighted by atomic mass is 9.96. The van der Waals surface area contributed by atoms with Crippen LogP contribution in [0.25, 0.3) is 0 Å². The van der Waals surface area contributed by atoms with E-state index in [0.29, 0.717) is 0 Å². The van der Waals surface area contributed by atoms with Gasteiger partial charge in [-0.05, 0) is 43.7 Å². The molecule has 1 atom stereocenters. The first-order valence-electron chi connectivity index (χ1n) is 5.73. The minimum Gasteiger partial charge on any atom is -0.316 e. The fourth-order valence-corrected chi connectivity index (χ4v) is 1.66. The first kappa shape index (κ1) is 13.0. The summed E-state index contributed by atoms with van der Waals surface area (Å²) in [4.78, 5) is 0. The Balaban J connectivity index is 3.22. The molecule has 0 amide bonds. The summed E-state index contributed by atoms with van der Waals surface area (Å²) >= 11 is 0. The van der Waals surface area contributed by atoms with Crippen LogP contribution in [-0.2, 0) is 0 Å². The van der Waals surface area contributed by atoms with Crippen molar-refractivity contribution >= 4 is 0 Å². The third-order valence-electron chi connectivity index (χ3n) is 2.24. The standard InChI is InChI=1S/C12H27N/c1-10(2)8-12(5)6-7-13-9-11(3)4/h10-13H,6-9H2,1-5H3. The van der Waals surface area contributed by atoms with Gasteiger partial charge in [0.2, 0.25) is 0 Å². The van der Waals surface area contributed by atoms with Crippen LogP contribution >= 0.6 is 0 Å². The molecule has 0 aromatic heterocycles. The predicted molar refractivity (Wildman–Crippen MR) is 60.9 cm³/mol. The zero-order valence-corrected chi connectivity index (χ0v) is 10.1. The highest BCUT2D eigenvalue weighted by molar-refractivity contribution is 4.59. The van der Waals surface area contributed by atoms with Gasteiger partial charge in [0.15, 0.2) is 0 Å². The van der Waals surface area contributed by atoms with E-state index in [-0.39, 0.29) is 0 Å². The summed E-state index contributed by atoms with van der Waals surface area (Å²) < 4.78 is 0. The summed E-state index contributed by atoms with van der Waals surface area (Å²) in [5.74, 6) is 2.50. The van der Waals surface area contributed by atoms with Gasteiger partial charge in [-0.15, -0.1) is 0 Å². The molecule has 0 radical (unpaired) electrons. The quantitative estimate of drug-likeness (QED) is 0.600. The van der Waals surface area contributed by atoms with Crippen LogP contribution in [0.5, 0.6) is 0 Å². The van der Waals surface area contributed by atoms with E-state index in [1.807, 2.05) is 0 Å². The smallest absolute Gasteiger partial charge is 0.00258 e. The van der Waals surface area contributed by atoms with E-state index in [0.717, 1.165) is 24.3 Å². The fourth-order valence-electron chi connectivity index (χ4n) is 1.66. The van der Waals surface area contributed by atoms with E-state index >= 15 is 0 Å². The molecule has 0 spiro atoms. The molecule has 0 aliphatic rings. The van der Waals surface area contributed by atoms with Crippen LogP contribution in [0.3, 0.4) is 0 Å². The summed E-state index contributed by atoms with van der Waals surface area (Å²) in [7, 11) is 0. The lowest BCUT2D eigenvalue weighted by molar-refractivity contribution is 0.400. The summed E-state index contributed by atoms with van der Waals surface area (Å²) in [6, 6.07) is 0. The second-order valence-corrected chi connectivity index (χ2v) is 5.12. The first-order valence-corrected chi connectivity index (χ1v) is 5.73. The molecule has 1 heteroatoms. The van der Waals surface area contributed by atoms with Crippen LogP contribution in [0.1, 0.15) is 47.5 Å². The number of hydrogen-bond donors (Lipinski definition) is 1.